The number of ether oxygens (including phenoxy) is 1. The Morgan fingerprint density at radius 1 is 1.35 bits per heavy atom. The van der Waals surface area contributed by atoms with Crippen molar-refractivity contribution < 1.29 is 9.53 Å². The number of aromatic nitrogens is 5. The quantitative estimate of drug-likeness (QED) is 0.607. The minimum absolute atomic E-state index is 0.0721. The van der Waals surface area contributed by atoms with Crippen LogP contribution >= 0.6 is 11.8 Å². The topological polar surface area (TPSA) is 86.0 Å². The molecule has 0 bridgehead atoms. The first-order valence-corrected chi connectivity index (χ1v) is 8.67. The first-order chi connectivity index (χ1) is 11.1. The maximum absolute atomic E-state index is 12.4. The summed E-state index contributed by atoms with van der Waals surface area (Å²) >= 11 is 1.38. The van der Waals surface area contributed by atoms with E-state index in [0.29, 0.717) is 41.6 Å². The molecule has 0 N–H and O–H groups in total. The maximum Gasteiger partial charge on any atom is 0.233 e. The summed E-state index contributed by atoms with van der Waals surface area (Å²) in [5, 5.41) is 8.87. The molecule has 1 amide bonds. The van der Waals surface area contributed by atoms with Crippen LogP contribution in [0.2, 0.25) is 0 Å². The van der Waals surface area contributed by atoms with Crippen LogP contribution in [0.5, 0.6) is 0 Å². The zero-order valence-corrected chi connectivity index (χ0v) is 14.3. The molecular weight excluding hydrogens is 316 g/mol. The standard InChI is InChI=1S/C14H20N6O2S/c1-4-20-13-12(17-18-20)14(16-8-15-13)23-7-11(21)19-5-9(2)22-10(3)6-19/h8-10H,4-7H2,1-3H3/t9-,10-/m0/s1. The molecule has 3 heterocycles. The fraction of sp³-hybridized carbons (Fsp3) is 0.643. The lowest BCUT2D eigenvalue weighted by atomic mass is 10.2. The molecule has 9 heteroatoms. The van der Waals surface area contributed by atoms with E-state index in [-0.39, 0.29) is 18.1 Å². The largest absolute Gasteiger partial charge is 0.372 e. The average molecular weight is 336 g/mol. The normalized spacial score (nSPS) is 21.8. The van der Waals surface area contributed by atoms with Gasteiger partial charge in [0.25, 0.3) is 0 Å². The van der Waals surface area contributed by atoms with Crippen molar-refractivity contribution in [2.24, 2.45) is 0 Å². The molecule has 1 aliphatic rings. The summed E-state index contributed by atoms with van der Waals surface area (Å²) in [6.07, 6.45) is 1.63. The van der Waals surface area contributed by atoms with E-state index in [2.05, 4.69) is 20.3 Å². The van der Waals surface area contributed by atoms with Crippen LogP contribution in [0.15, 0.2) is 11.4 Å². The van der Waals surface area contributed by atoms with Crippen LogP contribution < -0.4 is 0 Å². The molecule has 2 aromatic rings. The minimum Gasteiger partial charge on any atom is -0.372 e. The van der Waals surface area contributed by atoms with Gasteiger partial charge in [-0.15, -0.1) is 5.10 Å². The molecule has 0 saturated carbocycles. The van der Waals surface area contributed by atoms with Gasteiger partial charge in [0.15, 0.2) is 11.2 Å². The molecule has 124 valence electrons. The van der Waals surface area contributed by atoms with E-state index in [4.69, 9.17) is 4.74 Å². The Morgan fingerprint density at radius 3 is 2.78 bits per heavy atom. The number of carbonyl (C=O) groups is 1. The first kappa shape index (κ1) is 16.1. The highest BCUT2D eigenvalue weighted by atomic mass is 32.2. The molecular formula is C14H20N6O2S. The lowest BCUT2D eigenvalue weighted by molar-refractivity contribution is -0.140. The summed E-state index contributed by atoms with van der Waals surface area (Å²) in [6, 6.07) is 0. The zero-order valence-electron chi connectivity index (χ0n) is 13.5. The van der Waals surface area contributed by atoms with Gasteiger partial charge in [0.05, 0.1) is 18.0 Å². The summed E-state index contributed by atoms with van der Waals surface area (Å²) in [4.78, 5) is 22.7. The molecule has 1 fully saturated rings. The molecule has 2 atom stereocenters. The van der Waals surface area contributed by atoms with Crippen LogP contribution in [0.1, 0.15) is 20.8 Å². The Hall–Kier alpha value is -1.74. The molecule has 1 aliphatic heterocycles. The van der Waals surface area contributed by atoms with Gasteiger partial charge in [-0.25, -0.2) is 14.6 Å². The smallest absolute Gasteiger partial charge is 0.233 e. The number of amides is 1. The molecule has 3 rings (SSSR count). The van der Waals surface area contributed by atoms with Gasteiger partial charge in [0.2, 0.25) is 5.91 Å². The lowest BCUT2D eigenvalue weighted by Crippen LogP contribution is -2.48. The maximum atomic E-state index is 12.4. The van der Waals surface area contributed by atoms with Crippen LogP contribution in [0.25, 0.3) is 11.2 Å². The number of rotatable bonds is 4. The number of hydrogen-bond donors (Lipinski definition) is 0. The second-order valence-electron chi connectivity index (χ2n) is 5.60. The van der Waals surface area contributed by atoms with Crippen molar-refractivity contribution in [3.63, 3.8) is 0 Å². The Balaban J connectivity index is 1.68. The van der Waals surface area contributed by atoms with Crippen molar-refractivity contribution in [1.82, 2.24) is 29.9 Å². The lowest BCUT2D eigenvalue weighted by Gasteiger charge is -2.35. The number of carbonyl (C=O) groups excluding carboxylic acids is 1. The van der Waals surface area contributed by atoms with E-state index >= 15 is 0 Å². The summed E-state index contributed by atoms with van der Waals surface area (Å²) in [7, 11) is 0. The number of thioether (sulfide) groups is 1. The molecule has 0 radical (unpaired) electrons. The summed E-state index contributed by atoms with van der Waals surface area (Å²) in [6.45, 7) is 7.91. The van der Waals surface area contributed by atoms with E-state index in [1.807, 2.05) is 25.7 Å². The predicted octanol–water partition coefficient (Wildman–Crippen LogP) is 0.969. The zero-order chi connectivity index (χ0) is 16.4. The Labute approximate surface area is 138 Å². The van der Waals surface area contributed by atoms with Crippen molar-refractivity contribution in [2.75, 3.05) is 18.8 Å². The second kappa shape index (κ2) is 6.79. The molecule has 0 aromatic carbocycles. The summed E-state index contributed by atoms with van der Waals surface area (Å²) in [5.74, 6) is 0.413. The van der Waals surface area contributed by atoms with E-state index < -0.39 is 0 Å². The third kappa shape index (κ3) is 3.45. The monoisotopic (exact) mass is 336 g/mol. The highest BCUT2D eigenvalue weighted by Crippen LogP contribution is 2.23. The van der Waals surface area contributed by atoms with Gasteiger partial charge < -0.3 is 9.64 Å². The van der Waals surface area contributed by atoms with Gasteiger partial charge in [0, 0.05) is 19.6 Å². The van der Waals surface area contributed by atoms with Gasteiger partial charge in [0.1, 0.15) is 11.4 Å². The summed E-state index contributed by atoms with van der Waals surface area (Å²) < 4.78 is 7.38. The van der Waals surface area contributed by atoms with E-state index in [1.54, 1.807) is 4.68 Å². The van der Waals surface area contributed by atoms with Gasteiger partial charge in [-0.3, -0.25) is 4.79 Å². The minimum atomic E-state index is 0.0721. The van der Waals surface area contributed by atoms with Gasteiger partial charge >= 0.3 is 0 Å². The molecule has 23 heavy (non-hydrogen) atoms. The van der Waals surface area contributed by atoms with Crippen LogP contribution in [-0.4, -0.2) is 66.8 Å². The SMILES string of the molecule is CCn1nnc2c(SCC(=O)N3C[C@H](C)O[C@@H](C)C3)ncnc21. The molecule has 1 saturated heterocycles. The Bertz CT molecular complexity index is 696. The fourth-order valence-corrected chi connectivity index (χ4v) is 3.53. The molecule has 0 unspecified atom stereocenters. The van der Waals surface area contributed by atoms with Crippen LogP contribution in [-0.2, 0) is 16.1 Å². The van der Waals surface area contributed by atoms with E-state index in [0.717, 1.165) is 0 Å². The molecule has 0 aliphatic carbocycles. The highest BCUT2D eigenvalue weighted by molar-refractivity contribution is 8.00. The van der Waals surface area contributed by atoms with Crippen LogP contribution in [0.3, 0.4) is 0 Å². The number of hydrogen-bond acceptors (Lipinski definition) is 7. The van der Waals surface area contributed by atoms with Crippen molar-refractivity contribution >= 4 is 28.8 Å². The van der Waals surface area contributed by atoms with E-state index in [9.17, 15) is 4.79 Å². The predicted molar refractivity (Wildman–Crippen MR) is 86.1 cm³/mol. The molecule has 0 spiro atoms. The van der Waals surface area contributed by atoms with Crippen molar-refractivity contribution in [3.05, 3.63) is 6.33 Å². The van der Waals surface area contributed by atoms with Gasteiger partial charge in [-0.1, -0.05) is 17.0 Å². The van der Waals surface area contributed by atoms with Crippen LogP contribution in [0.4, 0.5) is 0 Å². The van der Waals surface area contributed by atoms with Gasteiger partial charge in [-0.2, -0.15) is 0 Å². The number of aryl methyl sites for hydroxylation is 1. The third-order valence-electron chi connectivity index (χ3n) is 3.67. The second-order valence-corrected chi connectivity index (χ2v) is 6.57. The van der Waals surface area contributed by atoms with E-state index in [1.165, 1.54) is 18.1 Å². The summed E-state index contributed by atoms with van der Waals surface area (Å²) in [5.41, 5.74) is 1.35. The number of morpholine rings is 1. The average Bonchev–Trinajstić information content (AvgIpc) is 2.95. The fourth-order valence-electron chi connectivity index (χ4n) is 2.69. The highest BCUT2D eigenvalue weighted by Gasteiger charge is 2.26. The van der Waals surface area contributed by atoms with Crippen molar-refractivity contribution in [1.29, 1.82) is 0 Å². The van der Waals surface area contributed by atoms with Crippen molar-refractivity contribution in [3.8, 4) is 0 Å². The first-order valence-electron chi connectivity index (χ1n) is 7.68. The third-order valence-corrected chi connectivity index (χ3v) is 4.63. The van der Waals surface area contributed by atoms with Gasteiger partial charge in [-0.05, 0) is 20.8 Å². The molecule has 8 nitrogen and oxygen atoms in total. The molecule has 2 aromatic heterocycles. The number of nitrogens with zero attached hydrogens (tertiary/aromatic N) is 6. The Morgan fingerprint density at radius 2 is 2.09 bits per heavy atom. The van der Waals surface area contributed by atoms with Crippen molar-refractivity contribution in [2.45, 2.75) is 44.5 Å². The van der Waals surface area contributed by atoms with Crippen LogP contribution in [0, 0.1) is 0 Å². The Kier molecular flexibility index (Phi) is 4.76. The number of fused-ring (bicyclic) bond motifs is 1.